The van der Waals surface area contributed by atoms with Crippen molar-refractivity contribution in [1.29, 1.82) is 0 Å². The molecule has 27 heavy (non-hydrogen) atoms. The summed E-state index contributed by atoms with van der Waals surface area (Å²) in [5, 5.41) is 19.0. The molecule has 140 valence electrons. The van der Waals surface area contributed by atoms with E-state index in [9.17, 15) is 19.7 Å². The van der Waals surface area contributed by atoms with Crippen LogP contribution in [0, 0.1) is 10.1 Å². The summed E-state index contributed by atoms with van der Waals surface area (Å²) in [5.74, 6) is -0.00717. The van der Waals surface area contributed by atoms with Gasteiger partial charge in [0.15, 0.2) is 0 Å². The minimum atomic E-state index is -0.463. The maximum Gasteiger partial charge on any atom is 0.319 e. The zero-order valence-electron chi connectivity index (χ0n) is 14.3. The smallest absolute Gasteiger partial charge is 0.319 e. The molecule has 2 aromatic carbocycles. The second kappa shape index (κ2) is 8.54. The summed E-state index contributed by atoms with van der Waals surface area (Å²) in [4.78, 5) is 34.6. The van der Waals surface area contributed by atoms with Gasteiger partial charge in [0.1, 0.15) is 0 Å². The number of thioether (sulfide) groups is 1. The normalized spacial score (nSPS) is 12.9. The number of carbonyl (C=O) groups excluding carboxylic acids is 2. The Morgan fingerprint density at radius 1 is 1.00 bits per heavy atom. The van der Waals surface area contributed by atoms with Crippen LogP contribution in [-0.2, 0) is 4.79 Å². The molecule has 3 rings (SSSR count). The number of carbonyl (C=O) groups is 2. The first-order valence-electron chi connectivity index (χ1n) is 8.34. The standard InChI is InChI=1S/C18H18N4O4S/c23-17(11-27-16-9-7-15(8-10-16)22(25)26)19-12-1-3-13(4-2-12)20-18(24)21-14-5-6-14/h1-4,7-10,14H,5-6,11H2,(H,19,23)(H2,20,21,24). The molecule has 1 aliphatic rings. The third-order valence-corrected chi connectivity index (χ3v) is 4.77. The topological polar surface area (TPSA) is 113 Å². The molecule has 0 aromatic heterocycles. The summed E-state index contributed by atoms with van der Waals surface area (Å²) < 4.78 is 0. The zero-order valence-corrected chi connectivity index (χ0v) is 15.1. The molecular formula is C18H18N4O4S. The van der Waals surface area contributed by atoms with E-state index in [1.807, 2.05) is 0 Å². The van der Waals surface area contributed by atoms with Gasteiger partial charge in [0.05, 0.1) is 10.7 Å². The maximum atomic E-state index is 12.0. The monoisotopic (exact) mass is 386 g/mol. The van der Waals surface area contributed by atoms with Crippen LogP contribution in [0.25, 0.3) is 0 Å². The molecule has 0 atom stereocenters. The van der Waals surface area contributed by atoms with Gasteiger partial charge in [-0.2, -0.15) is 0 Å². The fourth-order valence-electron chi connectivity index (χ4n) is 2.23. The van der Waals surface area contributed by atoms with Crippen LogP contribution in [0.5, 0.6) is 0 Å². The van der Waals surface area contributed by atoms with Gasteiger partial charge in [-0.1, -0.05) is 0 Å². The number of nitrogens with one attached hydrogen (secondary N) is 3. The Kier molecular flexibility index (Phi) is 5.92. The van der Waals surface area contributed by atoms with Crippen LogP contribution >= 0.6 is 11.8 Å². The predicted molar refractivity (Wildman–Crippen MR) is 104 cm³/mol. The van der Waals surface area contributed by atoms with Crippen molar-refractivity contribution >= 4 is 40.8 Å². The fourth-order valence-corrected chi connectivity index (χ4v) is 2.93. The van der Waals surface area contributed by atoms with Crippen molar-refractivity contribution in [2.24, 2.45) is 0 Å². The van der Waals surface area contributed by atoms with E-state index in [1.165, 1.54) is 23.9 Å². The fraction of sp³-hybridized carbons (Fsp3) is 0.222. The van der Waals surface area contributed by atoms with E-state index in [0.717, 1.165) is 17.7 Å². The molecule has 3 N–H and O–H groups in total. The molecule has 2 aromatic rings. The van der Waals surface area contributed by atoms with Crippen LogP contribution in [0.3, 0.4) is 0 Å². The van der Waals surface area contributed by atoms with E-state index in [-0.39, 0.29) is 29.4 Å². The average Bonchev–Trinajstić information content (AvgIpc) is 3.46. The van der Waals surface area contributed by atoms with Crippen LogP contribution < -0.4 is 16.0 Å². The molecule has 3 amide bonds. The Balaban J connectivity index is 1.44. The number of amides is 3. The van der Waals surface area contributed by atoms with E-state index >= 15 is 0 Å². The van der Waals surface area contributed by atoms with Crippen molar-refractivity contribution in [2.75, 3.05) is 16.4 Å². The lowest BCUT2D eigenvalue weighted by Gasteiger charge is -2.08. The summed E-state index contributed by atoms with van der Waals surface area (Å²) in [6.45, 7) is 0. The highest BCUT2D eigenvalue weighted by molar-refractivity contribution is 8.00. The summed E-state index contributed by atoms with van der Waals surface area (Å²) >= 11 is 1.29. The van der Waals surface area contributed by atoms with Crippen molar-refractivity contribution in [3.05, 3.63) is 58.6 Å². The SMILES string of the molecule is O=C(CSc1ccc([N+](=O)[O-])cc1)Nc1ccc(NC(=O)NC2CC2)cc1. The molecule has 9 heteroatoms. The molecule has 0 unspecified atom stereocenters. The first kappa shape index (κ1) is 18.7. The van der Waals surface area contributed by atoms with Gasteiger partial charge in [-0.05, 0) is 49.2 Å². The van der Waals surface area contributed by atoms with Crippen LogP contribution in [0.1, 0.15) is 12.8 Å². The Morgan fingerprint density at radius 3 is 2.15 bits per heavy atom. The Hall–Kier alpha value is -3.07. The number of nitro benzene ring substituents is 1. The van der Waals surface area contributed by atoms with Crippen molar-refractivity contribution in [1.82, 2.24) is 5.32 Å². The van der Waals surface area contributed by atoms with Gasteiger partial charge in [-0.3, -0.25) is 14.9 Å². The van der Waals surface area contributed by atoms with Crippen molar-refractivity contribution in [3.8, 4) is 0 Å². The third kappa shape index (κ3) is 6.00. The second-order valence-corrected chi connectivity index (χ2v) is 7.09. The van der Waals surface area contributed by atoms with Gasteiger partial charge in [-0.25, -0.2) is 4.79 Å². The first-order valence-corrected chi connectivity index (χ1v) is 9.33. The summed E-state index contributed by atoms with van der Waals surface area (Å²) in [6, 6.07) is 13.0. The molecule has 1 fully saturated rings. The number of benzene rings is 2. The van der Waals surface area contributed by atoms with Gasteiger partial charge in [0.25, 0.3) is 5.69 Å². The molecule has 0 radical (unpaired) electrons. The van der Waals surface area contributed by atoms with Crippen LogP contribution in [0.15, 0.2) is 53.4 Å². The van der Waals surface area contributed by atoms with E-state index < -0.39 is 4.92 Å². The number of rotatable bonds is 7. The highest BCUT2D eigenvalue weighted by atomic mass is 32.2. The number of hydrogen-bond donors (Lipinski definition) is 3. The van der Waals surface area contributed by atoms with Gasteiger partial charge < -0.3 is 16.0 Å². The highest BCUT2D eigenvalue weighted by Crippen LogP contribution is 2.22. The molecule has 1 aliphatic carbocycles. The van der Waals surface area contributed by atoms with E-state index in [2.05, 4.69) is 16.0 Å². The van der Waals surface area contributed by atoms with E-state index in [0.29, 0.717) is 11.4 Å². The quantitative estimate of drug-likeness (QED) is 0.382. The number of hydrogen-bond acceptors (Lipinski definition) is 5. The Bertz CT molecular complexity index is 835. The average molecular weight is 386 g/mol. The highest BCUT2D eigenvalue weighted by Gasteiger charge is 2.23. The van der Waals surface area contributed by atoms with Crippen molar-refractivity contribution in [3.63, 3.8) is 0 Å². The molecule has 0 saturated heterocycles. The molecule has 0 aliphatic heterocycles. The number of urea groups is 1. The van der Waals surface area contributed by atoms with Gasteiger partial charge >= 0.3 is 6.03 Å². The molecule has 0 spiro atoms. The molecule has 0 heterocycles. The minimum absolute atomic E-state index is 0.0170. The summed E-state index contributed by atoms with van der Waals surface area (Å²) in [5.41, 5.74) is 1.28. The summed E-state index contributed by atoms with van der Waals surface area (Å²) in [7, 11) is 0. The zero-order chi connectivity index (χ0) is 19.2. The lowest BCUT2D eigenvalue weighted by molar-refractivity contribution is -0.384. The molecule has 8 nitrogen and oxygen atoms in total. The molecule has 0 bridgehead atoms. The van der Waals surface area contributed by atoms with Crippen molar-refractivity contribution < 1.29 is 14.5 Å². The van der Waals surface area contributed by atoms with Crippen LogP contribution in [0.2, 0.25) is 0 Å². The lowest BCUT2D eigenvalue weighted by atomic mass is 10.3. The second-order valence-electron chi connectivity index (χ2n) is 6.04. The third-order valence-electron chi connectivity index (χ3n) is 3.76. The van der Waals surface area contributed by atoms with Crippen LogP contribution in [-0.4, -0.2) is 28.7 Å². The minimum Gasteiger partial charge on any atom is -0.335 e. The summed E-state index contributed by atoms with van der Waals surface area (Å²) in [6.07, 6.45) is 2.05. The largest absolute Gasteiger partial charge is 0.335 e. The number of nitrogens with zero attached hydrogens (tertiary/aromatic N) is 1. The molecular weight excluding hydrogens is 368 g/mol. The van der Waals surface area contributed by atoms with E-state index in [4.69, 9.17) is 0 Å². The maximum absolute atomic E-state index is 12.0. The molecule has 1 saturated carbocycles. The lowest BCUT2D eigenvalue weighted by Crippen LogP contribution is -2.30. The number of non-ortho nitro benzene ring substituents is 1. The first-order chi connectivity index (χ1) is 13.0. The Labute approximate surface area is 159 Å². The number of nitro groups is 1. The number of anilines is 2. The van der Waals surface area contributed by atoms with Crippen molar-refractivity contribution in [2.45, 2.75) is 23.8 Å². The Morgan fingerprint density at radius 2 is 1.59 bits per heavy atom. The van der Waals surface area contributed by atoms with E-state index in [1.54, 1.807) is 36.4 Å². The van der Waals surface area contributed by atoms with Gasteiger partial charge in [0, 0.05) is 34.4 Å². The van der Waals surface area contributed by atoms with Gasteiger partial charge in [-0.15, -0.1) is 11.8 Å². The van der Waals surface area contributed by atoms with Gasteiger partial charge in [0.2, 0.25) is 5.91 Å². The van der Waals surface area contributed by atoms with Crippen LogP contribution in [0.4, 0.5) is 21.9 Å². The predicted octanol–water partition coefficient (Wildman–Crippen LogP) is 3.61.